The number of nitrogens with zero attached hydrogens (tertiary/aromatic N) is 2. The summed E-state index contributed by atoms with van der Waals surface area (Å²) < 4.78 is 14.4. The zero-order chi connectivity index (χ0) is 14.8. The lowest BCUT2D eigenvalue weighted by atomic mass is 10.0. The van der Waals surface area contributed by atoms with Crippen LogP contribution in [-0.2, 0) is 6.42 Å². The molecule has 0 aromatic heterocycles. The zero-order valence-corrected chi connectivity index (χ0v) is 12.9. The third kappa shape index (κ3) is 3.22. The van der Waals surface area contributed by atoms with Crippen LogP contribution in [0.15, 0.2) is 18.2 Å². The third-order valence-electron chi connectivity index (χ3n) is 4.75. The summed E-state index contributed by atoms with van der Waals surface area (Å²) in [5.74, 6) is -0.102. The van der Waals surface area contributed by atoms with Crippen molar-refractivity contribution < 1.29 is 4.39 Å². The molecule has 3 rings (SSSR count). The van der Waals surface area contributed by atoms with Crippen LogP contribution in [0.25, 0.3) is 0 Å². The zero-order valence-electron chi connectivity index (χ0n) is 12.9. The maximum Gasteiger partial charge on any atom is 0.146 e. The largest absolute Gasteiger partial charge is 0.367 e. The molecule has 2 aliphatic rings. The third-order valence-corrected chi connectivity index (χ3v) is 4.75. The van der Waals surface area contributed by atoms with Crippen LogP contribution in [-0.4, -0.2) is 43.2 Å². The number of rotatable bonds is 4. The Balaban J connectivity index is 1.77. The van der Waals surface area contributed by atoms with E-state index in [4.69, 9.17) is 5.73 Å². The van der Waals surface area contributed by atoms with E-state index in [-0.39, 0.29) is 11.9 Å². The van der Waals surface area contributed by atoms with Crippen molar-refractivity contribution in [3.8, 4) is 0 Å². The van der Waals surface area contributed by atoms with Crippen LogP contribution in [0.5, 0.6) is 0 Å². The fourth-order valence-electron chi connectivity index (χ4n) is 3.78. The van der Waals surface area contributed by atoms with Crippen molar-refractivity contribution in [3.05, 3.63) is 29.6 Å². The van der Waals surface area contributed by atoms with Gasteiger partial charge in [0.1, 0.15) is 5.82 Å². The van der Waals surface area contributed by atoms with Gasteiger partial charge in [0.15, 0.2) is 0 Å². The SMILES string of the molecule is CC(N)Cc1cccc(F)c1N1CCC(N2CCCC2)C1. The molecule has 2 N–H and O–H groups in total. The monoisotopic (exact) mass is 291 g/mol. The van der Waals surface area contributed by atoms with Gasteiger partial charge in [-0.1, -0.05) is 12.1 Å². The van der Waals surface area contributed by atoms with Gasteiger partial charge in [-0.2, -0.15) is 0 Å². The molecule has 0 aliphatic carbocycles. The second-order valence-electron chi connectivity index (χ2n) is 6.56. The van der Waals surface area contributed by atoms with E-state index in [2.05, 4.69) is 9.80 Å². The Bertz CT molecular complexity index is 483. The van der Waals surface area contributed by atoms with Crippen LogP contribution in [0.2, 0.25) is 0 Å². The highest BCUT2D eigenvalue weighted by Crippen LogP contribution is 2.30. The first kappa shape index (κ1) is 14.8. The van der Waals surface area contributed by atoms with Crippen molar-refractivity contribution in [1.82, 2.24) is 4.90 Å². The Morgan fingerprint density at radius 3 is 2.76 bits per heavy atom. The standard InChI is InChI=1S/C17H26FN3/c1-13(19)11-14-5-4-6-16(18)17(14)21-10-7-15(12-21)20-8-2-3-9-20/h4-6,13,15H,2-3,7-12,19H2,1H3. The number of anilines is 1. The van der Waals surface area contributed by atoms with Gasteiger partial charge in [0.05, 0.1) is 5.69 Å². The van der Waals surface area contributed by atoms with Crippen molar-refractivity contribution in [2.75, 3.05) is 31.1 Å². The highest BCUT2D eigenvalue weighted by atomic mass is 19.1. The second-order valence-corrected chi connectivity index (χ2v) is 6.56. The van der Waals surface area contributed by atoms with Gasteiger partial charge in [0.2, 0.25) is 0 Å². The topological polar surface area (TPSA) is 32.5 Å². The molecule has 2 saturated heterocycles. The number of benzene rings is 1. The molecule has 4 heteroatoms. The highest BCUT2D eigenvalue weighted by molar-refractivity contribution is 5.56. The summed E-state index contributed by atoms with van der Waals surface area (Å²) in [6, 6.07) is 6.04. The Morgan fingerprint density at radius 2 is 2.05 bits per heavy atom. The molecule has 116 valence electrons. The number of likely N-dealkylation sites (tertiary alicyclic amines) is 1. The quantitative estimate of drug-likeness (QED) is 0.924. The number of nitrogens with two attached hydrogens (primary N) is 1. The molecule has 2 fully saturated rings. The first-order valence-electron chi connectivity index (χ1n) is 8.17. The molecular weight excluding hydrogens is 265 g/mol. The van der Waals surface area contributed by atoms with E-state index >= 15 is 0 Å². The summed E-state index contributed by atoms with van der Waals surface area (Å²) in [5, 5.41) is 0. The summed E-state index contributed by atoms with van der Waals surface area (Å²) in [5.41, 5.74) is 7.76. The molecule has 2 heterocycles. The summed E-state index contributed by atoms with van der Waals surface area (Å²) in [7, 11) is 0. The number of halogens is 1. The van der Waals surface area contributed by atoms with E-state index in [1.54, 1.807) is 12.1 Å². The van der Waals surface area contributed by atoms with E-state index in [1.807, 2.05) is 13.0 Å². The van der Waals surface area contributed by atoms with Crippen LogP contribution in [0.1, 0.15) is 31.7 Å². The minimum absolute atomic E-state index is 0.0579. The van der Waals surface area contributed by atoms with Gasteiger partial charge >= 0.3 is 0 Å². The molecule has 21 heavy (non-hydrogen) atoms. The van der Waals surface area contributed by atoms with Crippen LogP contribution in [0, 0.1) is 5.82 Å². The molecule has 0 spiro atoms. The predicted molar refractivity (Wildman–Crippen MR) is 85.2 cm³/mol. The maximum absolute atomic E-state index is 14.4. The second kappa shape index (κ2) is 6.32. The average molecular weight is 291 g/mol. The molecule has 2 aliphatic heterocycles. The van der Waals surface area contributed by atoms with Gasteiger partial charge in [-0.25, -0.2) is 4.39 Å². The molecule has 0 saturated carbocycles. The molecule has 0 bridgehead atoms. The normalized spacial score (nSPS) is 24.7. The molecule has 2 unspecified atom stereocenters. The predicted octanol–water partition coefficient (Wildman–Crippen LogP) is 2.39. The number of hydrogen-bond donors (Lipinski definition) is 1. The van der Waals surface area contributed by atoms with Crippen molar-refractivity contribution in [1.29, 1.82) is 0 Å². The number of para-hydroxylation sites is 1. The Hall–Kier alpha value is -1.13. The summed E-state index contributed by atoms with van der Waals surface area (Å²) in [4.78, 5) is 4.81. The lowest BCUT2D eigenvalue weighted by molar-refractivity contribution is 0.260. The average Bonchev–Trinajstić information content (AvgIpc) is 3.08. The first-order chi connectivity index (χ1) is 10.1. The highest BCUT2D eigenvalue weighted by Gasteiger charge is 2.31. The lowest BCUT2D eigenvalue weighted by Gasteiger charge is -2.26. The van der Waals surface area contributed by atoms with E-state index in [9.17, 15) is 4.39 Å². The molecular formula is C17H26FN3. The van der Waals surface area contributed by atoms with Crippen molar-refractivity contribution in [3.63, 3.8) is 0 Å². The van der Waals surface area contributed by atoms with Crippen molar-refractivity contribution >= 4 is 5.69 Å². The van der Waals surface area contributed by atoms with E-state index in [0.29, 0.717) is 6.04 Å². The van der Waals surface area contributed by atoms with Gasteiger partial charge in [0, 0.05) is 25.2 Å². The Morgan fingerprint density at radius 1 is 1.29 bits per heavy atom. The smallest absolute Gasteiger partial charge is 0.146 e. The van der Waals surface area contributed by atoms with Crippen LogP contribution in [0.4, 0.5) is 10.1 Å². The minimum atomic E-state index is -0.102. The van der Waals surface area contributed by atoms with Gasteiger partial charge < -0.3 is 10.6 Å². The minimum Gasteiger partial charge on any atom is -0.367 e. The number of hydrogen-bond acceptors (Lipinski definition) is 3. The molecule has 0 amide bonds. The fourth-order valence-corrected chi connectivity index (χ4v) is 3.78. The van der Waals surface area contributed by atoms with Crippen molar-refractivity contribution in [2.24, 2.45) is 5.73 Å². The van der Waals surface area contributed by atoms with Gasteiger partial charge in [0.25, 0.3) is 0 Å². The summed E-state index contributed by atoms with van der Waals surface area (Å²) in [6.07, 6.45) is 4.50. The van der Waals surface area contributed by atoms with E-state index < -0.39 is 0 Å². The summed E-state index contributed by atoms with van der Waals surface area (Å²) in [6.45, 7) is 6.30. The van der Waals surface area contributed by atoms with Gasteiger partial charge in [-0.05, 0) is 57.3 Å². The van der Waals surface area contributed by atoms with Crippen LogP contribution < -0.4 is 10.6 Å². The molecule has 2 atom stereocenters. The molecule has 3 nitrogen and oxygen atoms in total. The molecule has 0 radical (unpaired) electrons. The van der Waals surface area contributed by atoms with E-state index in [1.165, 1.54) is 25.9 Å². The van der Waals surface area contributed by atoms with Gasteiger partial charge in [-0.15, -0.1) is 0 Å². The Labute approximate surface area is 126 Å². The summed E-state index contributed by atoms with van der Waals surface area (Å²) >= 11 is 0. The van der Waals surface area contributed by atoms with Crippen LogP contribution in [0.3, 0.4) is 0 Å². The molecule has 1 aromatic rings. The Kier molecular flexibility index (Phi) is 4.45. The van der Waals surface area contributed by atoms with Gasteiger partial charge in [-0.3, -0.25) is 4.90 Å². The van der Waals surface area contributed by atoms with Crippen molar-refractivity contribution in [2.45, 2.75) is 44.7 Å². The lowest BCUT2D eigenvalue weighted by Crippen LogP contribution is -2.35. The van der Waals surface area contributed by atoms with E-state index in [0.717, 1.165) is 37.2 Å². The molecule has 1 aromatic carbocycles. The first-order valence-corrected chi connectivity index (χ1v) is 8.17. The fraction of sp³-hybridized carbons (Fsp3) is 0.647. The maximum atomic E-state index is 14.4. The van der Waals surface area contributed by atoms with Crippen LogP contribution >= 0.6 is 0 Å².